The Labute approximate surface area is 109 Å². The molecule has 114 valence electrons. The zero-order valence-electron chi connectivity index (χ0n) is 11.0. The Hall–Kier alpha value is -0.590. The highest BCUT2D eigenvalue weighted by Gasteiger charge is 2.50. The quantitative estimate of drug-likeness (QED) is 0.392. The highest BCUT2D eigenvalue weighted by molar-refractivity contribution is 7.53. The van der Waals surface area contributed by atoms with Gasteiger partial charge in [0.2, 0.25) is 0 Å². The van der Waals surface area contributed by atoms with Crippen LogP contribution in [0.4, 0.5) is 13.2 Å². The third-order valence-corrected chi connectivity index (χ3v) is 3.16. The lowest BCUT2D eigenvalue weighted by Gasteiger charge is -2.22. The van der Waals surface area contributed by atoms with Gasteiger partial charge in [-0.15, -0.1) is 0 Å². The third kappa shape index (κ3) is 7.54. The molecular formula is C10H18F3O5P. The molecule has 0 aromatic carbocycles. The van der Waals surface area contributed by atoms with E-state index in [1.807, 2.05) is 6.92 Å². The Morgan fingerprint density at radius 2 is 1.89 bits per heavy atom. The lowest BCUT2D eigenvalue weighted by atomic mass is 10.3. The second-order valence-electron chi connectivity index (χ2n) is 3.74. The minimum atomic E-state index is -5.01. The van der Waals surface area contributed by atoms with Crippen LogP contribution in [0, 0.1) is 0 Å². The van der Waals surface area contributed by atoms with Gasteiger partial charge in [-0.25, -0.2) is 4.79 Å². The lowest BCUT2D eigenvalue weighted by molar-refractivity contribution is -0.212. The molecule has 0 bridgehead atoms. The maximum Gasteiger partial charge on any atom is 0.426 e. The van der Waals surface area contributed by atoms with Crippen molar-refractivity contribution in [1.29, 1.82) is 0 Å². The summed E-state index contributed by atoms with van der Waals surface area (Å²) in [4.78, 5) is 11.2. The molecule has 0 radical (unpaired) electrons. The molecule has 0 rings (SSSR count). The Morgan fingerprint density at radius 3 is 2.32 bits per heavy atom. The van der Waals surface area contributed by atoms with Crippen LogP contribution >= 0.6 is 7.60 Å². The SMILES string of the molecule is CCCCO[P@@](C)(=O)O[C@H](C(=O)OCC)C(F)(F)F. The van der Waals surface area contributed by atoms with Crippen LogP contribution in [-0.2, 0) is 23.1 Å². The van der Waals surface area contributed by atoms with E-state index < -0.39 is 25.8 Å². The maximum absolute atomic E-state index is 12.6. The predicted molar refractivity (Wildman–Crippen MR) is 62.0 cm³/mol. The van der Waals surface area contributed by atoms with Gasteiger partial charge in [0.05, 0.1) is 13.2 Å². The number of alkyl halides is 3. The van der Waals surface area contributed by atoms with Gasteiger partial charge in [0.1, 0.15) is 0 Å². The van der Waals surface area contributed by atoms with E-state index in [0.29, 0.717) is 6.42 Å². The molecule has 0 unspecified atom stereocenters. The second kappa shape index (κ2) is 7.87. The van der Waals surface area contributed by atoms with Crippen LogP contribution in [-0.4, -0.2) is 38.1 Å². The number of ether oxygens (including phenoxy) is 1. The average molecular weight is 306 g/mol. The van der Waals surface area contributed by atoms with Gasteiger partial charge in [-0.1, -0.05) is 13.3 Å². The maximum atomic E-state index is 12.6. The predicted octanol–water partition coefficient (Wildman–Crippen LogP) is 3.14. The molecule has 19 heavy (non-hydrogen) atoms. The molecule has 0 aliphatic rings. The summed E-state index contributed by atoms with van der Waals surface area (Å²) >= 11 is 0. The summed E-state index contributed by atoms with van der Waals surface area (Å²) in [5.74, 6) is -1.63. The van der Waals surface area contributed by atoms with Gasteiger partial charge in [-0.2, -0.15) is 13.2 Å². The monoisotopic (exact) mass is 306 g/mol. The molecule has 0 aliphatic heterocycles. The normalized spacial score (nSPS) is 16.7. The molecule has 0 aliphatic carbocycles. The van der Waals surface area contributed by atoms with E-state index in [4.69, 9.17) is 4.52 Å². The van der Waals surface area contributed by atoms with Crippen molar-refractivity contribution in [2.75, 3.05) is 19.9 Å². The van der Waals surface area contributed by atoms with E-state index in [2.05, 4.69) is 9.26 Å². The number of unbranched alkanes of at least 4 members (excludes halogenated alkanes) is 1. The van der Waals surface area contributed by atoms with E-state index in [1.165, 1.54) is 6.92 Å². The number of hydrogen-bond donors (Lipinski definition) is 0. The van der Waals surface area contributed by atoms with Crippen molar-refractivity contribution in [2.45, 2.75) is 39.0 Å². The van der Waals surface area contributed by atoms with Crippen LogP contribution in [0.3, 0.4) is 0 Å². The average Bonchev–Trinajstić information content (AvgIpc) is 2.25. The highest BCUT2D eigenvalue weighted by atomic mass is 31.2. The highest BCUT2D eigenvalue weighted by Crippen LogP contribution is 2.48. The number of carbonyl (C=O) groups is 1. The molecule has 0 heterocycles. The Bertz CT molecular complexity index is 332. The largest absolute Gasteiger partial charge is 0.464 e. The summed E-state index contributed by atoms with van der Waals surface area (Å²) < 4.78 is 62.8. The molecule has 9 heteroatoms. The van der Waals surface area contributed by atoms with Crippen molar-refractivity contribution in [3.05, 3.63) is 0 Å². The molecule has 2 atom stereocenters. The van der Waals surface area contributed by atoms with E-state index in [0.717, 1.165) is 13.1 Å². The van der Waals surface area contributed by atoms with Gasteiger partial charge in [-0.3, -0.25) is 9.09 Å². The minimum absolute atomic E-state index is 0.00230. The smallest absolute Gasteiger partial charge is 0.426 e. The zero-order chi connectivity index (χ0) is 15.1. The van der Waals surface area contributed by atoms with Crippen molar-refractivity contribution in [1.82, 2.24) is 0 Å². The molecule has 0 aromatic heterocycles. The summed E-state index contributed by atoms with van der Waals surface area (Å²) in [6, 6.07) is 0. The number of rotatable bonds is 8. The summed E-state index contributed by atoms with van der Waals surface area (Å²) in [5, 5.41) is 0. The van der Waals surface area contributed by atoms with E-state index in [1.54, 1.807) is 0 Å². The minimum Gasteiger partial charge on any atom is -0.464 e. The lowest BCUT2D eigenvalue weighted by Crippen LogP contribution is -2.39. The number of halogens is 3. The van der Waals surface area contributed by atoms with Crippen molar-refractivity contribution in [2.24, 2.45) is 0 Å². The van der Waals surface area contributed by atoms with Gasteiger partial charge < -0.3 is 9.26 Å². The van der Waals surface area contributed by atoms with E-state index in [-0.39, 0.29) is 13.2 Å². The topological polar surface area (TPSA) is 61.8 Å². The summed E-state index contributed by atoms with van der Waals surface area (Å²) in [6.45, 7) is 3.84. The van der Waals surface area contributed by atoms with Gasteiger partial charge in [0.25, 0.3) is 6.10 Å². The first kappa shape index (κ1) is 18.4. The molecule has 0 amide bonds. The fourth-order valence-corrected chi connectivity index (χ4v) is 2.16. The molecule has 0 spiro atoms. The molecule has 5 nitrogen and oxygen atoms in total. The van der Waals surface area contributed by atoms with Crippen molar-refractivity contribution in [3.8, 4) is 0 Å². The Balaban J connectivity index is 4.72. The van der Waals surface area contributed by atoms with Crippen LogP contribution in [0.1, 0.15) is 26.7 Å². The van der Waals surface area contributed by atoms with Gasteiger partial charge >= 0.3 is 19.7 Å². The Morgan fingerprint density at radius 1 is 1.32 bits per heavy atom. The van der Waals surface area contributed by atoms with Crippen LogP contribution in [0.2, 0.25) is 0 Å². The van der Waals surface area contributed by atoms with Gasteiger partial charge in [-0.05, 0) is 13.3 Å². The first-order valence-electron chi connectivity index (χ1n) is 5.77. The summed E-state index contributed by atoms with van der Waals surface area (Å²) in [6.07, 6.45) is -6.66. The molecule has 0 N–H and O–H groups in total. The van der Waals surface area contributed by atoms with Crippen molar-refractivity contribution < 1.29 is 36.3 Å². The summed E-state index contributed by atoms with van der Waals surface area (Å²) in [7, 11) is -3.97. The molecule has 0 fully saturated rings. The molecule has 0 saturated heterocycles. The van der Waals surface area contributed by atoms with E-state index in [9.17, 15) is 22.5 Å². The van der Waals surface area contributed by atoms with E-state index >= 15 is 0 Å². The summed E-state index contributed by atoms with van der Waals surface area (Å²) in [5.41, 5.74) is 0. The molecular weight excluding hydrogens is 288 g/mol. The zero-order valence-corrected chi connectivity index (χ0v) is 11.9. The third-order valence-electron chi connectivity index (χ3n) is 1.92. The standard InChI is InChI=1S/C10H18F3O5P/c1-4-6-7-17-19(3,15)18-8(10(11,12)13)9(14)16-5-2/h8H,4-7H2,1-3H3/t8-,19-/m1/s1. The molecule has 0 aromatic rings. The van der Waals surface area contributed by atoms with Crippen LogP contribution in [0.5, 0.6) is 0 Å². The Kier molecular flexibility index (Phi) is 7.62. The van der Waals surface area contributed by atoms with Gasteiger partial charge in [0.15, 0.2) is 0 Å². The first-order chi connectivity index (χ1) is 8.64. The first-order valence-corrected chi connectivity index (χ1v) is 7.76. The van der Waals surface area contributed by atoms with Gasteiger partial charge in [0, 0.05) is 6.66 Å². The van der Waals surface area contributed by atoms with Crippen LogP contribution in [0.25, 0.3) is 0 Å². The number of hydrogen-bond acceptors (Lipinski definition) is 5. The van der Waals surface area contributed by atoms with Crippen LogP contribution in [0.15, 0.2) is 0 Å². The number of carbonyl (C=O) groups excluding carboxylic acids is 1. The fourth-order valence-electron chi connectivity index (χ4n) is 1.05. The molecule has 0 saturated carbocycles. The van der Waals surface area contributed by atoms with Crippen molar-refractivity contribution in [3.63, 3.8) is 0 Å². The van der Waals surface area contributed by atoms with Crippen LogP contribution < -0.4 is 0 Å². The number of esters is 1. The fraction of sp³-hybridized carbons (Fsp3) is 0.900. The second-order valence-corrected chi connectivity index (χ2v) is 5.75. The van der Waals surface area contributed by atoms with Crippen molar-refractivity contribution >= 4 is 13.6 Å².